The highest BCUT2D eigenvalue weighted by atomic mass is 28.4. The van der Waals surface area contributed by atoms with Crippen LogP contribution in [0.1, 0.15) is 38.9 Å². The van der Waals surface area contributed by atoms with Gasteiger partial charge < -0.3 is 19.6 Å². The van der Waals surface area contributed by atoms with Crippen LogP contribution in [0.2, 0.25) is 18.1 Å². The Morgan fingerprint density at radius 2 is 2.07 bits per heavy atom. The van der Waals surface area contributed by atoms with Crippen molar-refractivity contribution in [3.05, 3.63) is 32.6 Å². The van der Waals surface area contributed by atoms with E-state index in [4.69, 9.17) is 9.16 Å². The molecule has 1 aromatic rings. The fourth-order valence-electron chi connectivity index (χ4n) is 2.86. The molecule has 158 valence electrons. The zero-order chi connectivity index (χ0) is 21.3. The van der Waals surface area contributed by atoms with E-state index in [1.165, 1.54) is 13.2 Å². The molecule has 3 N–H and O–H groups in total. The van der Waals surface area contributed by atoms with E-state index in [0.29, 0.717) is 6.42 Å². The molecule has 0 radical (unpaired) electrons. The monoisotopic (exact) mass is 413 g/mol. The standard InChI is InChI=1S/C18H31N3O6Si/c1-18(2,3)28(5,6)27-13-7-12(26-14(13)10-22)11-8-21(9-15(23)19-4)17(25)20-16(11)24/h8,12-14,22H,7,9-10H2,1-6H3,(H,19,23)(H,20,24,25)/t12-,13+,14-/m1/s1. The van der Waals surface area contributed by atoms with Crippen LogP contribution >= 0.6 is 0 Å². The molecule has 3 atom stereocenters. The first kappa shape index (κ1) is 22.5. The lowest BCUT2D eigenvalue weighted by Crippen LogP contribution is -2.46. The summed E-state index contributed by atoms with van der Waals surface area (Å²) in [5.41, 5.74) is -0.987. The highest BCUT2D eigenvalue weighted by Gasteiger charge is 2.45. The fraction of sp³-hybridized carbons (Fsp3) is 0.722. The lowest BCUT2D eigenvalue weighted by molar-refractivity contribution is -0.121. The number of nitrogens with one attached hydrogen (secondary N) is 2. The molecule has 0 aliphatic carbocycles. The van der Waals surface area contributed by atoms with Gasteiger partial charge in [0.25, 0.3) is 5.56 Å². The second-order valence-corrected chi connectivity index (χ2v) is 13.4. The van der Waals surface area contributed by atoms with Gasteiger partial charge in [0.2, 0.25) is 5.91 Å². The van der Waals surface area contributed by atoms with Crippen LogP contribution in [-0.2, 0) is 20.5 Å². The Bertz CT molecular complexity index is 826. The van der Waals surface area contributed by atoms with Crippen molar-refractivity contribution in [2.75, 3.05) is 13.7 Å². The first-order chi connectivity index (χ1) is 12.9. The largest absolute Gasteiger partial charge is 0.411 e. The fourth-order valence-corrected chi connectivity index (χ4v) is 4.22. The maximum atomic E-state index is 12.3. The van der Waals surface area contributed by atoms with Gasteiger partial charge in [0, 0.05) is 19.7 Å². The number of likely N-dealkylation sites (N-methyl/N-ethyl adjacent to an activating group) is 1. The van der Waals surface area contributed by atoms with Crippen LogP contribution in [0, 0.1) is 0 Å². The number of carbonyl (C=O) groups excluding carboxylic acids is 1. The molecule has 0 aromatic carbocycles. The predicted octanol–water partition coefficient (Wildman–Crippen LogP) is 0.495. The molecule has 0 saturated carbocycles. The maximum Gasteiger partial charge on any atom is 0.328 e. The van der Waals surface area contributed by atoms with E-state index in [1.54, 1.807) is 0 Å². The Morgan fingerprint density at radius 1 is 1.43 bits per heavy atom. The van der Waals surface area contributed by atoms with Crippen molar-refractivity contribution in [3.63, 3.8) is 0 Å². The molecule has 1 aliphatic heterocycles. The lowest BCUT2D eigenvalue weighted by atomic mass is 10.1. The van der Waals surface area contributed by atoms with Crippen molar-refractivity contribution in [3.8, 4) is 0 Å². The van der Waals surface area contributed by atoms with E-state index in [-0.39, 0.29) is 35.8 Å². The quantitative estimate of drug-likeness (QED) is 0.584. The van der Waals surface area contributed by atoms with Crippen LogP contribution in [0.25, 0.3) is 0 Å². The molecule has 0 unspecified atom stereocenters. The number of aromatic nitrogens is 2. The van der Waals surface area contributed by atoms with E-state index >= 15 is 0 Å². The normalized spacial score (nSPS) is 23.0. The summed E-state index contributed by atoms with van der Waals surface area (Å²) >= 11 is 0. The molecule has 1 aromatic heterocycles. The summed E-state index contributed by atoms with van der Waals surface area (Å²) in [7, 11) is -0.637. The number of ether oxygens (including phenoxy) is 1. The number of aromatic amines is 1. The van der Waals surface area contributed by atoms with Crippen LogP contribution < -0.4 is 16.6 Å². The second kappa shape index (κ2) is 8.32. The van der Waals surface area contributed by atoms with E-state index < -0.39 is 31.8 Å². The van der Waals surface area contributed by atoms with Crippen molar-refractivity contribution in [2.45, 2.75) is 70.2 Å². The van der Waals surface area contributed by atoms with Crippen molar-refractivity contribution >= 4 is 14.2 Å². The van der Waals surface area contributed by atoms with Crippen LogP contribution in [0.5, 0.6) is 0 Å². The molecular formula is C18H31N3O6Si. The first-order valence-corrected chi connectivity index (χ1v) is 12.3. The molecule has 0 spiro atoms. The summed E-state index contributed by atoms with van der Waals surface area (Å²) in [5.74, 6) is -0.361. The number of hydrogen-bond acceptors (Lipinski definition) is 6. The minimum absolute atomic E-state index is 0.0106. The zero-order valence-corrected chi connectivity index (χ0v) is 18.4. The summed E-state index contributed by atoms with van der Waals surface area (Å²) in [6.07, 6.45) is 0.197. The second-order valence-electron chi connectivity index (χ2n) is 8.64. The third-order valence-electron chi connectivity index (χ3n) is 5.61. The highest BCUT2D eigenvalue weighted by Crippen LogP contribution is 2.41. The van der Waals surface area contributed by atoms with Crippen molar-refractivity contribution in [1.29, 1.82) is 0 Å². The number of H-pyrrole nitrogens is 1. The van der Waals surface area contributed by atoms with E-state index in [1.807, 2.05) is 0 Å². The van der Waals surface area contributed by atoms with Gasteiger partial charge in [-0.25, -0.2) is 4.79 Å². The van der Waals surface area contributed by atoms with Gasteiger partial charge in [-0.3, -0.25) is 19.1 Å². The number of carbonyl (C=O) groups is 1. The molecule has 9 nitrogen and oxygen atoms in total. The van der Waals surface area contributed by atoms with E-state index in [0.717, 1.165) is 4.57 Å². The van der Waals surface area contributed by atoms with Crippen molar-refractivity contribution < 1.29 is 19.1 Å². The molecule has 28 heavy (non-hydrogen) atoms. The Hall–Kier alpha value is -1.75. The number of rotatable bonds is 6. The lowest BCUT2D eigenvalue weighted by Gasteiger charge is -2.39. The predicted molar refractivity (Wildman–Crippen MR) is 107 cm³/mol. The third kappa shape index (κ3) is 4.80. The minimum atomic E-state index is -2.10. The summed E-state index contributed by atoms with van der Waals surface area (Å²) in [6, 6.07) is 0. The van der Waals surface area contributed by atoms with E-state index in [2.05, 4.69) is 44.2 Å². The Balaban J connectivity index is 2.29. The maximum absolute atomic E-state index is 12.3. The molecule has 2 rings (SSSR count). The van der Waals surface area contributed by atoms with Crippen LogP contribution in [0.4, 0.5) is 0 Å². The average Bonchev–Trinajstić information content (AvgIpc) is 2.97. The number of amides is 1. The van der Waals surface area contributed by atoms with Crippen LogP contribution in [0.15, 0.2) is 15.8 Å². The number of hydrogen-bond donors (Lipinski definition) is 3. The molecule has 1 fully saturated rings. The zero-order valence-electron chi connectivity index (χ0n) is 17.4. The van der Waals surface area contributed by atoms with Gasteiger partial charge in [-0.2, -0.15) is 0 Å². The van der Waals surface area contributed by atoms with E-state index in [9.17, 15) is 19.5 Å². The molecule has 0 bridgehead atoms. The number of aliphatic hydroxyl groups excluding tert-OH is 1. The minimum Gasteiger partial charge on any atom is -0.411 e. The topological polar surface area (TPSA) is 123 Å². The summed E-state index contributed by atoms with van der Waals surface area (Å²) in [5, 5.41) is 12.2. The average molecular weight is 414 g/mol. The van der Waals surface area contributed by atoms with Crippen LogP contribution in [-0.4, -0.2) is 54.7 Å². The molecule has 1 saturated heterocycles. The number of aliphatic hydroxyl groups is 1. The van der Waals surface area contributed by atoms with Gasteiger partial charge in [-0.05, 0) is 18.1 Å². The summed E-state index contributed by atoms with van der Waals surface area (Å²) < 4.78 is 13.4. The molecule has 1 aliphatic rings. The Morgan fingerprint density at radius 3 is 2.61 bits per heavy atom. The van der Waals surface area contributed by atoms with Gasteiger partial charge in [0.05, 0.1) is 24.4 Å². The van der Waals surface area contributed by atoms with Gasteiger partial charge in [-0.1, -0.05) is 20.8 Å². The molecule has 10 heteroatoms. The molecular weight excluding hydrogens is 382 g/mol. The van der Waals surface area contributed by atoms with Crippen molar-refractivity contribution in [2.24, 2.45) is 0 Å². The summed E-state index contributed by atoms with van der Waals surface area (Å²) in [4.78, 5) is 38.1. The number of nitrogens with zero attached hydrogens (tertiary/aromatic N) is 1. The first-order valence-electron chi connectivity index (χ1n) is 9.38. The SMILES string of the molecule is CNC(=O)Cn1cc([C@H]2C[C@H](O[Si](C)(C)C(C)(C)C)[C@@H](CO)O2)c(=O)[nH]c1=O. The summed E-state index contributed by atoms with van der Waals surface area (Å²) in [6.45, 7) is 10.2. The van der Waals surface area contributed by atoms with Gasteiger partial charge in [0.1, 0.15) is 12.6 Å². The Labute approximate surface area is 165 Å². The molecule has 2 heterocycles. The van der Waals surface area contributed by atoms with Gasteiger partial charge in [0.15, 0.2) is 8.32 Å². The Kier molecular flexibility index (Phi) is 6.69. The van der Waals surface area contributed by atoms with Crippen molar-refractivity contribution in [1.82, 2.24) is 14.9 Å². The van der Waals surface area contributed by atoms with Gasteiger partial charge >= 0.3 is 5.69 Å². The smallest absolute Gasteiger partial charge is 0.328 e. The highest BCUT2D eigenvalue weighted by molar-refractivity contribution is 6.74. The molecule has 1 amide bonds. The van der Waals surface area contributed by atoms with Crippen LogP contribution in [0.3, 0.4) is 0 Å². The third-order valence-corrected chi connectivity index (χ3v) is 10.1. The van der Waals surface area contributed by atoms with Gasteiger partial charge in [-0.15, -0.1) is 0 Å².